The zero-order chi connectivity index (χ0) is 10.1. The fourth-order valence-corrected chi connectivity index (χ4v) is 2.61. The first kappa shape index (κ1) is 9.41. The summed E-state index contributed by atoms with van der Waals surface area (Å²) >= 11 is 0. The van der Waals surface area contributed by atoms with E-state index < -0.39 is 0 Å². The Bertz CT molecular complexity index is 318. The molecular formula is C14H19N. The molecule has 2 aliphatic rings. The fraction of sp³-hybridized carbons (Fsp3) is 0.571. The molecule has 2 fully saturated rings. The number of rotatable bonds is 2. The first-order valence-corrected chi connectivity index (χ1v) is 6.24. The molecule has 0 amide bonds. The normalized spacial score (nSPS) is 22.9. The Kier molecular flexibility index (Phi) is 2.49. The highest BCUT2D eigenvalue weighted by molar-refractivity contribution is 5.30. The Morgan fingerprint density at radius 1 is 0.733 bits per heavy atom. The molecule has 1 nitrogen and oxygen atoms in total. The molecule has 3 rings (SSSR count). The van der Waals surface area contributed by atoms with E-state index in [1.165, 1.54) is 38.8 Å². The molecule has 1 aliphatic carbocycles. The van der Waals surface area contributed by atoms with Gasteiger partial charge in [0.1, 0.15) is 0 Å². The molecule has 0 atom stereocenters. The zero-order valence-corrected chi connectivity index (χ0v) is 9.21. The van der Waals surface area contributed by atoms with Crippen LogP contribution in [-0.2, 0) is 0 Å². The molecule has 1 heteroatoms. The van der Waals surface area contributed by atoms with Crippen molar-refractivity contribution in [1.82, 2.24) is 5.32 Å². The quantitative estimate of drug-likeness (QED) is 0.775. The van der Waals surface area contributed by atoms with E-state index >= 15 is 0 Å². The minimum absolute atomic E-state index is 0.805. The average Bonchev–Trinajstić information content (AvgIpc) is 3.15. The van der Waals surface area contributed by atoms with E-state index in [0.29, 0.717) is 0 Å². The van der Waals surface area contributed by atoms with Crippen LogP contribution in [0.2, 0.25) is 0 Å². The summed E-state index contributed by atoms with van der Waals surface area (Å²) in [6.07, 6.45) is 5.44. The third kappa shape index (κ3) is 2.07. The summed E-state index contributed by atoms with van der Waals surface area (Å²) in [6.45, 7) is 2.38. The van der Waals surface area contributed by atoms with Crippen LogP contribution < -0.4 is 5.32 Å². The highest BCUT2D eigenvalue weighted by Crippen LogP contribution is 2.40. The van der Waals surface area contributed by atoms with Gasteiger partial charge in [-0.3, -0.25) is 0 Å². The Balaban J connectivity index is 1.73. The number of piperidine rings is 1. The second-order valence-electron chi connectivity index (χ2n) is 4.97. The predicted octanol–water partition coefficient (Wildman–Crippen LogP) is 3.03. The van der Waals surface area contributed by atoms with Crippen LogP contribution in [0, 0.1) is 0 Å². The molecule has 0 bridgehead atoms. The molecule has 1 aromatic carbocycles. The SMILES string of the molecule is c1cc(C2CC2)ccc1C1CCNCC1. The molecule has 15 heavy (non-hydrogen) atoms. The lowest BCUT2D eigenvalue weighted by Crippen LogP contribution is -2.26. The topological polar surface area (TPSA) is 12.0 Å². The van der Waals surface area contributed by atoms with Gasteiger partial charge >= 0.3 is 0 Å². The van der Waals surface area contributed by atoms with Crippen LogP contribution in [0.25, 0.3) is 0 Å². The van der Waals surface area contributed by atoms with Crippen molar-refractivity contribution in [3.63, 3.8) is 0 Å². The molecule has 1 N–H and O–H groups in total. The molecule has 80 valence electrons. The highest BCUT2D eigenvalue weighted by Gasteiger charge is 2.23. The fourth-order valence-electron chi connectivity index (χ4n) is 2.61. The van der Waals surface area contributed by atoms with E-state index in [1.54, 1.807) is 11.1 Å². The summed E-state index contributed by atoms with van der Waals surface area (Å²) in [7, 11) is 0. The molecular weight excluding hydrogens is 182 g/mol. The van der Waals surface area contributed by atoms with E-state index in [9.17, 15) is 0 Å². The van der Waals surface area contributed by atoms with Gasteiger partial charge in [-0.25, -0.2) is 0 Å². The summed E-state index contributed by atoms with van der Waals surface area (Å²) in [5.41, 5.74) is 3.12. The van der Waals surface area contributed by atoms with Gasteiger partial charge in [-0.1, -0.05) is 24.3 Å². The van der Waals surface area contributed by atoms with Gasteiger partial charge in [0.2, 0.25) is 0 Å². The van der Waals surface area contributed by atoms with Crippen molar-refractivity contribution in [3.8, 4) is 0 Å². The van der Waals surface area contributed by atoms with Crippen LogP contribution in [-0.4, -0.2) is 13.1 Å². The summed E-state index contributed by atoms with van der Waals surface area (Å²) in [5, 5.41) is 3.42. The molecule has 0 aromatic heterocycles. The largest absolute Gasteiger partial charge is 0.317 e. The molecule has 1 heterocycles. The van der Waals surface area contributed by atoms with Crippen molar-refractivity contribution < 1.29 is 0 Å². The zero-order valence-electron chi connectivity index (χ0n) is 9.21. The van der Waals surface area contributed by atoms with E-state index in [2.05, 4.69) is 29.6 Å². The standard InChI is InChI=1S/C14H19N/c1-2-11(1)12-3-5-13(6-4-12)14-7-9-15-10-8-14/h3-6,11,14-15H,1-2,7-10H2. The van der Waals surface area contributed by atoms with E-state index in [1.807, 2.05) is 0 Å². The maximum Gasteiger partial charge on any atom is -0.00431 e. The van der Waals surface area contributed by atoms with E-state index in [4.69, 9.17) is 0 Å². The van der Waals surface area contributed by atoms with Crippen LogP contribution in [0.3, 0.4) is 0 Å². The van der Waals surface area contributed by atoms with Crippen LogP contribution in [0.1, 0.15) is 48.6 Å². The minimum atomic E-state index is 0.805. The maximum atomic E-state index is 3.42. The summed E-state index contributed by atoms with van der Waals surface area (Å²) in [5.74, 6) is 1.70. The smallest absolute Gasteiger partial charge is 0.00431 e. The summed E-state index contributed by atoms with van der Waals surface area (Å²) in [6, 6.07) is 9.44. The van der Waals surface area contributed by atoms with Gasteiger partial charge in [0.05, 0.1) is 0 Å². The lowest BCUT2D eigenvalue weighted by atomic mass is 9.89. The first-order valence-electron chi connectivity index (χ1n) is 6.24. The minimum Gasteiger partial charge on any atom is -0.317 e. The lowest BCUT2D eigenvalue weighted by molar-refractivity contribution is 0.460. The first-order chi connectivity index (χ1) is 7.43. The molecule has 1 saturated heterocycles. The van der Waals surface area contributed by atoms with Crippen molar-refractivity contribution in [2.24, 2.45) is 0 Å². The van der Waals surface area contributed by atoms with Gasteiger partial charge < -0.3 is 5.32 Å². The van der Waals surface area contributed by atoms with Crippen LogP contribution in [0.5, 0.6) is 0 Å². The second-order valence-corrected chi connectivity index (χ2v) is 4.97. The average molecular weight is 201 g/mol. The Morgan fingerprint density at radius 2 is 1.20 bits per heavy atom. The molecule has 0 unspecified atom stereocenters. The third-order valence-electron chi connectivity index (χ3n) is 3.80. The number of hydrogen-bond donors (Lipinski definition) is 1. The Labute approximate surface area is 91.9 Å². The predicted molar refractivity (Wildman–Crippen MR) is 63.3 cm³/mol. The van der Waals surface area contributed by atoms with Gasteiger partial charge in [-0.2, -0.15) is 0 Å². The van der Waals surface area contributed by atoms with Gasteiger partial charge in [0, 0.05) is 0 Å². The van der Waals surface area contributed by atoms with Crippen molar-refractivity contribution >= 4 is 0 Å². The van der Waals surface area contributed by atoms with Crippen LogP contribution >= 0.6 is 0 Å². The number of hydrogen-bond acceptors (Lipinski definition) is 1. The number of benzene rings is 1. The van der Waals surface area contributed by atoms with Crippen molar-refractivity contribution in [2.75, 3.05) is 13.1 Å². The van der Waals surface area contributed by atoms with Crippen LogP contribution in [0.15, 0.2) is 24.3 Å². The maximum absolute atomic E-state index is 3.42. The van der Waals surface area contributed by atoms with Crippen molar-refractivity contribution in [2.45, 2.75) is 37.5 Å². The summed E-state index contributed by atoms with van der Waals surface area (Å²) in [4.78, 5) is 0. The lowest BCUT2D eigenvalue weighted by Gasteiger charge is -2.23. The van der Waals surface area contributed by atoms with Gasteiger partial charge in [0.15, 0.2) is 0 Å². The Morgan fingerprint density at radius 3 is 1.67 bits per heavy atom. The van der Waals surface area contributed by atoms with Gasteiger partial charge in [-0.05, 0) is 61.7 Å². The van der Waals surface area contributed by atoms with Crippen molar-refractivity contribution in [1.29, 1.82) is 0 Å². The molecule has 1 aliphatic heterocycles. The van der Waals surface area contributed by atoms with Crippen LogP contribution in [0.4, 0.5) is 0 Å². The third-order valence-corrected chi connectivity index (χ3v) is 3.80. The molecule has 0 radical (unpaired) electrons. The van der Waals surface area contributed by atoms with Gasteiger partial charge in [0.25, 0.3) is 0 Å². The van der Waals surface area contributed by atoms with Gasteiger partial charge in [-0.15, -0.1) is 0 Å². The van der Waals surface area contributed by atoms with Crippen molar-refractivity contribution in [3.05, 3.63) is 35.4 Å². The van der Waals surface area contributed by atoms with E-state index in [-0.39, 0.29) is 0 Å². The molecule has 0 spiro atoms. The second kappa shape index (κ2) is 3.97. The monoisotopic (exact) mass is 201 g/mol. The summed E-state index contributed by atoms with van der Waals surface area (Å²) < 4.78 is 0. The number of nitrogens with one attached hydrogen (secondary N) is 1. The highest BCUT2D eigenvalue weighted by atomic mass is 14.9. The van der Waals surface area contributed by atoms with E-state index in [0.717, 1.165) is 11.8 Å². The Hall–Kier alpha value is -0.820. The molecule has 1 aromatic rings. The molecule has 1 saturated carbocycles.